The van der Waals surface area contributed by atoms with Crippen molar-refractivity contribution in [2.24, 2.45) is 0 Å². The summed E-state index contributed by atoms with van der Waals surface area (Å²) in [6.45, 7) is 5.34. The van der Waals surface area contributed by atoms with Crippen molar-refractivity contribution >= 4 is 0 Å². The van der Waals surface area contributed by atoms with E-state index >= 15 is 0 Å². The fourth-order valence-electron chi connectivity index (χ4n) is 1.78. The number of methoxy groups -OCH3 is 1. The van der Waals surface area contributed by atoms with Crippen LogP contribution in [0.15, 0.2) is 23.0 Å². The first kappa shape index (κ1) is 13.3. The van der Waals surface area contributed by atoms with Gasteiger partial charge in [0.2, 0.25) is 0 Å². The lowest BCUT2D eigenvalue weighted by Crippen LogP contribution is -2.34. The molecule has 0 spiro atoms. The summed E-state index contributed by atoms with van der Waals surface area (Å²) < 4.78 is 10.4. The van der Waals surface area contributed by atoms with Gasteiger partial charge in [0.1, 0.15) is 0 Å². The highest BCUT2D eigenvalue weighted by molar-refractivity contribution is 5.07. The van der Waals surface area contributed by atoms with Crippen molar-refractivity contribution in [1.82, 2.24) is 5.32 Å². The summed E-state index contributed by atoms with van der Waals surface area (Å²) in [6.07, 6.45) is 7.03. The van der Waals surface area contributed by atoms with Gasteiger partial charge < -0.3 is 14.5 Å². The van der Waals surface area contributed by atoms with Crippen LogP contribution in [0.2, 0.25) is 0 Å². The zero-order valence-corrected chi connectivity index (χ0v) is 10.5. The molecule has 0 saturated carbocycles. The van der Waals surface area contributed by atoms with E-state index in [0.717, 1.165) is 25.8 Å². The molecule has 1 heterocycles. The van der Waals surface area contributed by atoms with E-state index in [2.05, 4.69) is 19.2 Å². The average Bonchev–Trinajstić information content (AvgIpc) is 2.78. The molecule has 0 radical (unpaired) electrons. The van der Waals surface area contributed by atoms with Crippen LogP contribution >= 0.6 is 0 Å². The molecule has 1 aromatic heterocycles. The molecule has 1 rings (SSSR count). The third-order valence-electron chi connectivity index (χ3n) is 2.76. The highest BCUT2D eigenvalue weighted by atomic mass is 16.5. The molecule has 3 heteroatoms. The minimum absolute atomic E-state index is 0.293. The highest BCUT2D eigenvalue weighted by Crippen LogP contribution is 2.10. The van der Waals surface area contributed by atoms with Gasteiger partial charge in [-0.15, -0.1) is 0 Å². The topological polar surface area (TPSA) is 34.4 Å². The predicted octanol–water partition coefficient (Wildman–Crippen LogP) is 2.62. The number of rotatable bonds is 8. The van der Waals surface area contributed by atoms with Gasteiger partial charge in [-0.3, -0.25) is 0 Å². The van der Waals surface area contributed by atoms with Crippen molar-refractivity contribution in [3.8, 4) is 0 Å². The Morgan fingerprint density at radius 1 is 1.50 bits per heavy atom. The van der Waals surface area contributed by atoms with Gasteiger partial charge in [-0.25, -0.2) is 0 Å². The summed E-state index contributed by atoms with van der Waals surface area (Å²) >= 11 is 0. The minimum Gasteiger partial charge on any atom is -0.472 e. The normalized spacial score (nSPS) is 14.9. The zero-order chi connectivity index (χ0) is 11.8. The molecular weight excluding hydrogens is 202 g/mol. The van der Waals surface area contributed by atoms with Crippen molar-refractivity contribution in [1.29, 1.82) is 0 Å². The fraction of sp³-hybridized carbons (Fsp3) is 0.692. The molecule has 0 bridgehead atoms. The molecule has 0 aromatic carbocycles. The second-order valence-electron chi connectivity index (χ2n) is 4.27. The molecular formula is C13H23NO2. The lowest BCUT2D eigenvalue weighted by Gasteiger charge is -2.21. The van der Waals surface area contributed by atoms with E-state index < -0.39 is 0 Å². The number of ether oxygens (including phenoxy) is 1. The molecule has 0 fully saturated rings. The molecule has 2 atom stereocenters. The smallest absolute Gasteiger partial charge is 0.0935 e. The second-order valence-corrected chi connectivity index (χ2v) is 4.27. The minimum atomic E-state index is 0.293. The zero-order valence-electron chi connectivity index (χ0n) is 10.5. The van der Waals surface area contributed by atoms with E-state index in [1.165, 1.54) is 5.56 Å². The maximum atomic E-state index is 5.32. The van der Waals surface area contributed by atoms with Gasteiger partial charge in [0.05, 0.1) is 18.6 Å². The van der Waals surface area contributed by atoms with Crippen LogP contribution in [0.25, 0.3) is 0 Å². The number of nitrogens with one attached hydrogen (secondary N) is 1. The van der Waals surface area contributed by atoms with Gasteiger partial charge >= 0.3 is 0 Å². The highest BCUT2D eigenvalue weighted by Gasteiger charge is 2.13. The van der Waals surface area contributed by atoms with Crippen molar-refractivity contribution in [3.63, 3.8) is 0 Å². The van der Waals surface area contributed by atoms with Crippen molar-refractivity contribution in [2.75, 3.05) is 13.7 Å². The van der Waals surface area contributed by atoms with E-state index in [-0.39, 0.29) is 0 Å². The lowest BCUT2D eigenvalue weighted by atomic mass is 10.0. The number of hydrogen-bond acceptors (Lipinski definition) is 3. The number of furan rings is 1. The van der Waals surface area contributed by atoms with Crippen LogP contribution in [0.4, 0.5) is 0 Å². The summed E-state index contributed by atoms with van der Waals surface area (Å²) in [7, 11) is 1.76. The first-order valence-electron chi connectivity index (χ1n) is 6.03. The summed E-state index contributed by atoms with van der Waals surface area (Å²) in [5.74, 6) is 0. The molecule has 0 saturated heterocycles. The maximum Gasteiger partial charge on any atom is 0.0935 e. The maximum absolute atomic E-state index is 5.32. The van der Waals surface area contributed by atoms with Gasteiger partial charge in [-0.05, 0) is 44.4 Å². The van der Waals surface area contributed by atoms with E-state index in [1.54, 1.807) is 13.4 Å². The van der Waals surface area contributed by atoms with E-state index in [0.29, 0.717) is 12.1 Å². The summed E-state index contributed by atoms with van der Waals surface area (Å²) in [4.78, 5) is 0. The second kappa shape index (κ2) is 7.47. The Morgan fingerprint density at radius 3 is 2.88 bits per heavy atom. The van der Waals surface area contributed by atoms with Crippen LogP contribution in [0.1, 0.15) is 32.3 Å². The predicted molar refractivity (Wildman–Crippen MR) is 65.6 cm³/mol. The van der Waals surface area contributed by atoms with E-state index in [9.17, 15) is 0 Å². The number of hydrogen-bond donors (Lipinski definition) is 1. The van der Waals surface area contributed by atoms with Crippen LogP contribution < -0.4 is 5.32 Å². The van der Waals surface area contributed by atoms with Crippen LogP contribution in [0.5, 0.6) is 0 Å². The lowest BCUT2D eigenvalue weighted by molar-refractivity contribution is 0.100. The van der Waals surface area contributed by atoms with Crippen molar-refractivity contribution in [2.45, 2.75) is 45.3 Å². The van der Waals surface area contributed by atoms with Gasteiger partial charge in [-0.2, -0.15) is 0 Å². The van der Waals surface area contributed by atoms with Crippen LogP contribution in [0.3, 0.4) is 0 Å². The third-order valence-corrected chi connectivity index (χ3v) is 2.76. The van der Waals surface area contributed by atoms with Crippen LogP contribution in [0, 0.1) is 0 Å². The monoisotopic (exact) mass is 225 g/mol. The van der Waals surface area contributed by atoms with Crippen molar-refractivity contribution in [3.05, 3.63) is 24.2 Å². The largest absolute Gasteiger partial charge is 0.472 e. The summed E-state index contributed by atoms with van der Waals surface area (Å²) in [6, 6.07) is 2.49. The molecule has 1 aromatic rings. The Labute approximate surface area is 98.2 Å². The van der Waals surface area contributed by atoms with Gasteiger partial charge in [-0.1, -0.05) is 6.92 Å². The quantitative estimate of drug-likeness (QED) is 0.738. The van der Waals surface area contributed by atoms with Gasteiger partial charge in [0.25, 0.3) is 0 Å². The SMILES string of the molecule is CCCNC(Cc1ccoc1)CC(C)OC. The molecule has 0 aliphatic carbocycles. The standard InChI is InChI=1S/C13H23NO2/c1-4-6-14-13(8-11(2)15-3)9-12-5-7-16-10-12/h5,7,10-11,13-14H,4,6,8-9H2,1-3H3. The molecule has 3 nitrogen and oxygen atoms in total. The Kier molecular flexibility index (Phi) is 6.19. The Hall–Kier alpha value is -0.800. The van der Waals surface area contributed by atoms with Crippen LogP contribution in [-0.4, -0.2) is 25.8 Å². The molecule has 0 aliphatic rings. The fourth-order valence-corrected chi connectivity index (χ4v) is 1.78. The Morgan fingerprint density at radius 2 is 2.31 bits per heavy atom. The Balaban J connectivity index is 2.43. The average molecular weight is 225 g/mol. The summed E-state index contributed by atoms with van der Waals surface area (Å²) in [5.41, 5.74) is 1.25. The molecule has 16 heavy (non-hydrogen) atoms. The molecule has 92 valence electrons. The summed E-state index contributed by atoms with van der Waals surface area (Å²) in [5, 5.41) is 3.55. The Bertz CT molecular complexity index is 259. The van der Waals surface area contributed by atoms with E-state index in [4.69, 9.17) is 9.15 Å². The third kappa shape index (κ3) is 4.81. The van der Waals surface area contributed by atoms with E-state index in [1.807, 2.05) is 12.3 Å². The first-order valence-corrected chi connectivity index (χ1v) is 6.03. The molecule has 0 aliphatic heterocycles. The molecule has 2 unspecified atom stereocenters. The van der Waals surface area contributed by atoms with Crippen molar-refractivity contribution < 1.29 is 9.15 Å². The van der Waals surface area contributed by atoms with Gasteiger partial charge in [0.15, 0.2) is 0 Å². The van der Waals surface area contributed by atoms with Crippen LogP contribution in [-0.2, 0) is 11.2 Å². The first-order chi connectivity index (χ1) is 7.76. The molecule has 1 N–H and O–H groups in total. The molecule has 0 amide bonds. The van der Waals surface area contributed by atoms with Gasteiger partial charge in [0, 0.05) is 13.2 Å².